The molecule has 1 aliphatic heterocycles. The summed E-state index contributed by atoms with van der Waals surface area (Å²) in [5, 5.41) is 21.7. The topological polar surface area (TPSA) is 146 Å². The molecule has 1 fully saturated rings. The highest BCUT2D eigenvalue weighted by molar-refractivity contribution is 5.77. The van der Waals surface area contributed by atoms with Crippen molar-refractivity contribution in [2.45, 2.75) is 25.6 Å². The van der Waals surface area contributed by atoms with Crippen LogP contribution in [0.2, 0.25) is 0 Å². The Morgan fingerprint density at radius 1 is 1.31 bits per heavy atom. The van der Waals surface area contributed by atoms with Crippen molar-refractivity contribution in [1.82, 2.24) is 24.8 Å². The number of rotatable bonds is 8. The summed E-state index contributed by atoms with van der Waals surface area (Å²) in [6.45, 7) is 1.82. The van der Waals surface area contributed by atoms with Crippen LogP contribution in [0.4, 0.5) is 16.0 Å². The quantitative estimate of drug-likeness (QED) is 0.479. The first-order chi connectivity index (χ1) is 17.5. The first-order valence-electron chi connectivity index (χ1n) is 11.3. The Labute approximate surface area is 206 Å². The van der Waals surface area contributed by atoms with Gasteiger partial charge in [-0.25, -0.2) is 19.3 Å². The van der Waals surface area contributed by atoms with E-state index in [1.54, 1.807) is 36.5 Å². The van der Waals surface area contributed by atoms with Crippen molar-refractivity contribution in [3.8, 4) is 29.1 Å². The molecule has 3 heterocycles. The Morgan fingerprint density at radius 3 is 2.86 bits per heavy atom. The number of piperidine rings is 1. The number of hydrogen-bond donors (Lipinski definition) is 2. The summed E-state index contributed by atoms with van der Waals surface area (Å²) in [6, 6.07) is 10.4. The molecule has 0 saturated carbocycles. The van der Waals surface area contributed by atoms with Crippen LogP contribution in [0.25, 0.3) is 11.4 Å². The van der Waals surface area contributed by atoms with Gasteiger partial charge in [0, 0.05) is 24.6 Å². The van der Waals surface area contributed by atoms with Gasteiger partial charge in [-0.3, -0.25) is 4.79 Å². The summed E-state index contributed by atoms with van der Waals surface area (Å²) < 4.78 is 25.7. The number of ether oxygens (including phenoxy) is 2. The van der Waals surface area contributed by atoms with Gasteiger partial charge < -0.3 is 24.8 Å². The molecule has 2 N–H and O–H groups in total. The molecule has 1 unspecified atom stereocenters. The van der Waals surface area contributed by atoms with Gasteiger partial charge in [0.1, 0.15) is 30.9 Å². The van der Waals surface area contributed by atoms with Crippen molar-refractivity contribution in [2.24, 2.45) is 0 Å². The number of benzene rings is 1. The fourth-order valence-corrected chi connectivity index (χ4v) is 3.68. The molecule has 12 heteroatoms. The van der Waals surface area contributed by atoms with E-state index in [-0.39, 0.29) is 36.8 Å². The van der Waals surface area contributed by atoms with Crippen LogP contribution in [0, 0.1) is 11.3 Å². The molecule has 1 amide bonds. The number of nitriles is 1. The summed E-state index contributed by atoms with van der Waals surface area (Å²) in [5.41, 5.74) is 1.40. The average molecular weight is 493 g/mol. The largest absolute Gasteiger partial charge is 0.486 e. The first kappa shape index (κ1) is 24.7. The molecule has 36 heavy (non-hydrogen) atoms. The number of nitrogens with one attached hydrogen (secondary N) is 1. The first-order valence-corrected chi connectivity index (χ1v) is 11.3. The van der Waals surface area contributed by atoms with Crippen molar-refractivity contribution < 1.29 is 23.8 Å². The highest BCUT2D eigenvalue weighted by Gasteiger charge is 2.33. The minimum atomic E-state index is -1.45. The molecule has 4 rings (SSSR count). The number of nitrogens with zero attached hydrogens (tertiary/aromatic N) is 6. The average Bonchev–Trinajstić information content (AvgIpc) is 2.91. The van der Waals surface area contributed by atoms with Crippen molar-refractivity contribution in [1.29, 1.82) is 5.26 Å². The lowest BCUT2D eigenvalue weighted by atomic mass is 10.0. The van der Waals surface area contributed by atoms with Gasteiger partial charge in [-0.05, 0) is 31.2 Å². The number of aliphatic hydroxyl groups excluding tert-OH is 1. The molecule has 0 spiro atoms. The molecule has 186 valence electrons. The van der Waals surface area contributed by atoms with Gasteiger partial charge in [-0.15, -0.1) is 0 Å². The SMILES string of the molecule is CCOc1ccc(Nc2ncnc(-c3ccc(O[C@H]4CCN(C(=O)CO)CC4F)c(C#N)c3)n2)cn1. The van der Waals surface area contributed by atoms with Crippen LogP contribution in [-0.2, 0) is 4.79 Å². The summed E-state index contributed by atoms with van der Waals surface area (Å²) in [7, 11) is 0. The number of hydrogen-bond acceptors (Lipinski definition) is 10. The summed E-state index contributed by atoms with van der Waals surface area (Å²) >= 11 is 0. The number of pyridine rings is 1. The molecule has 1 aromatic carbocycles. The second-order valence-corrected chi connectivity index (χ2v) is 7.86. The normalized spacial score (nSPS) is 17.2. The number of aliphatic hydroxyl groups is 1. The maximum absolute atomic E-state index is 14.6. The number of anilines is 2. The van der Waals surface area contributed by atoms with Gasteiger partial charge in [0.05, 0.1) is 30.6 Å². The highest BCUT2D eigenvalue weighted by Crippen LogP contribution is 2.28. The van der Waals surface area contributed by atoms with Crippen LogP contribution >= 0.6 is 0 Å². The van der Waals surface area contributed by atoms with Gasteiger partial charge in [0.25, 0.3) is 0 Å². The number of likely N-dealkylation sites (tertiary alicyclic amines) is 1. The molecular weight excluding hydrogens is 469 g/mol. The summed E-state index contributed by atoms with van der Waals surface area (Å²) in [6.07, 6.45) is 0.910. The van der Waals surface area contributed by atoms with Crippen LogP contribution in [0.3, 0.4) is 0 Å². The zero-order chi connectivity index (χ0) is 25.5. The van der Waals surface area contributed by atoms with Gasteiger partial charge in [-0.1, -0.05) is 0 Å². The van der Waals surface area contributed by atoms with E-state index in [2.05, 4.69) is 31.3 Å². The minimum absolute atomic E-state index is 0.172. The molecule has 2 atom stereocenters. The van der Waals surface area contributed by atoms with Gasteiger partial charge in [0.2, 0.25) is 17.7 Å². The molecule has 2 aromatic heterocycles. The summed E-state index contributed by atoms with van der Waals surface area (Å²) in [4.78, 5) is 29.8. The van der Waals surface area contributed by atoms with Crippen LogP contribution in [0.5, 0.6) is 11.6 Å². The predicted octanol–water partition coefficient (Wildman–Crippen LogP) is 2.26. The van der Waals surface area contributed by atoms with E-state index in [4.69, 9.17) is 14.6 Å². The van der Waals surface area contributed by atoms with Gasteiger partial charge in [-0.2, -0.15) is 10.2 Å². The number of alkyl halides is 1. The Kier molecular flexibility index (Phi) is 7.82. The Balaban J connectivity index is 1.46. The van der Waals surface area contributed by atoms with Crippen LogP contribution in [-0.4, -0.2) is 74.4 Å². The molecule has 3 aromatic rings. The second kappa shape index (κ2) is 11.4. The Hall–Kier alpha value is -4.37. The third-order valence-electron chi connectivity index (χ3n) is 5.46. The second-order valence-electron chi connectivity index (χ2n) is 7.86. The minimum Gasteiger partial charge on any atom is -0.486 e. The molecule has 1 aliphatic rings. The predicted molar refractivity (Wildman–Crippen MR) is 126 cm³/mol. The Bertz CT molecular complexity index is 1250. The van der Waals surface area contributed by atoms with Crippen molar-refractivity contribution >= 4 is 17.5 Å². The molecule has 0 aliphatic carbocycles. The Morgan fingerprint density at radius 2 is 2.17 bits per heavy atom. The van der Waals surface area contributed by atoms with E-state index in [1.165, 1.54) is 11.2 Å². The van der Waals surface area contributed by atoms with Crippen molar-refractivity contribution in [3.05, 3.63) is 48.4 Å². The maximum atomic E-state index is 14.6. The standard InChI is InChI=1S/C24H24FN7O4/c1-2-35-21-6-4-17(11-27-21)30-24-29-14-28-23(31-24)15-3-5-19(16(9-15)10-26)36-20-7-8-32(12-18(20)25)22(34)13-33/h3-6,9,11,14,18,20,33H,2,7-8,12-13H2,1H3,(H,28,29,30,31)/t18?,20-/m0/s1. The highest BCUT2D eigenvalue weighted by atomic mass is 19.1. The number of amides is 1. The third-order valence-corrected chi connectivity index (χ3v) is 5.46. The van der Waals surface area contributed by atoms with E-state index < -0.39 is 24.8 Å². The van der Waals surface area contributed by atoms with Crippen LogP contribution < -0.4 is 14.8 Å². The maximum Gasteiger partial charge on any atom is 0.248 e. The van der Waals surface area contributed by atoms with Crippen molar-refractivity contribution in [3.63, 3.8) is 0 Å². The zero-order valence-corrected chi connectivity index (χ0v) is 19.5. The smallest absolute Gasteiger partial charge is 0.248 e. The van der Waals surface area contributed by atoms with E-state index >= 15 is 0 Å². The fourth-order valence-electron chi connectivity index (χ4n) is 3.68. The lowest BCUT2D eigenvalue weighted by molar-refractivity contribution is -0.138. The number of carbonyl (C=O) groups is 1. The molecule has 0 bridgehead atoms. The van der Waals surface area contributed by atoms with E-state index in [0.29, 0.717) is 29.6 Å². The number of carbonyl (C=O) groups excluding carboxylic acids is 1. The number of halogens is 1. The molecule has 1 saturated heterocycles. The van der Waals surface area contributed by atoms with Gasteiger partial charge >= 0.3 is 0 Å². The van der Waals surface area contributed by atoms with E-state index in [0.717, 1.165) is 0 Å². The van der Waals surface area contributed by atoms with Crippen molar-refractivity contribution in [2.75, 3.05) is 31.6 Å². The summed E-state index contributed by atoms with van der Waals surface area (Å²) in [5.74, 6) is 0.823. The van der Waals surface area contributed by atoms with Crippen LogP contribution in [0.15, 0.2) is 42.9 Å². The zero-order valence-electron chi connectivity index (χ0n) is 19.5. The lowest BCUT2D eigenvalue weighted by Crippen LogP contribution is -2.50. The van der Waals surface area contributed by atoms with Crippen LogP contribution in [0.1, 0.15) is 18.9 Å². The molecule has 11 nitrogen and oxygen atoms in total. The monoisotopic (exact) mass is 493 g/mol. The molecule has 0 radical (unpaired) electrons. The fraction of sp³-hybridized carbons (Fsp3) is 0.333. The van der Waals surface area contributed by atoms with E-state index in [1.807, 2.05) is 6.92 Å². The number of aromatic nitrogens is 4. The van der Waals surface area contributed by atoms with E-state index in [9.17, 15) is 14.4 Å². The third kappa shape index (κ3) is 5.81. The molecular formula is C24H24FN7O4. The van der Waals surface area contributed by atoms with Gasteiger partial charge in [0.15, 0.2) is 12.0 Å². The lowest BCUT2D eigenvalue weighted by Gasteiger charge is -2.34.